The van der Waals surface area contributed by atoms with Gasteiger partial charge in [0, 0.05) is 39.7 Å². The van der Waals surface area contributed by atoms with Gasteiger partial charge in [-0.25, -0.2) is 4.98 Å². The molecule has 0 fully saturated rings. The van der Waals surface area contributed by atoms with Gasteiger partial charge in [-0.2, -0.15) is 0 Å². The first kappa shape index (κ1) is 24.8. The maximum absolute atomic E-state index is 5.56. The third kappa shape index (κ3) is 7.31. The van der Waals surface area contributed by atoms with Crippen molar-refractivity contribution < 1.29 is 9.47 Å². The fourth-order valence-corrected chi connectivity index (χ4v) is 3.48. The second-order valence-corrected chi connectivity index (χ2v) is 7.11. The number of methoxy groups -OCH3 is 1. The molecule has 1 aromatic heterocycles. The predicted molar refractivity (Wildman–Crippen MR) is 126 cm³/mol. The third-order valence-electron chi connectivity index (χ3n) is 4.26. The van der Waals surface area contributed by atoms with Gasteiger partial charge in [0.05, 0.1) is 18.8 Å². The SMILES string of the molecule is CCOCc1ccccc1CNC(=NC)N(C)Cc1csc(C(C)OC)n1.I. The van der Waals surface area contributed by atoms with Crippen LogP contribution in [0.1, 0.15) is 41.8 Å². The van der Waals surface area contributed by atoms with Gasteiger partial charge in [-0.1, -0.05) is 24.3 Å². The van der Waals surface area contributed by atoms with Crippen LogP contribution in [0.3, 0.4) is 0 Å². The monoisotopic (exact) mass is 518 g/mol. The molecule has 156 valence electrons. The summed E-state index contributed by atoms with van der Waals surface area (Å²) >= 11 is 1.63. The number of nitrogens with one attached hydrogen (secondary N) is 1. The molecular weight excluding hydrogens is 487 g/mol. The second-order valence-electron chi connectivity index (χ2n) is 6.22. The summed E-state index contributed by atoms with van der Waals surface area (Å²) in [4.78, 5) is 11.1. The third-order valence-corrected chi connectivity index (χ3v) is 5.32. The average molecular weight is 518 g/mol. The zero-order valence-electron chi connectivity index (χ0n) is 17.3. The molecule has 0 saturated carbocycles. The number of ether oxygens (including phenoxy) is 2. The minimum Gasteiger partial charge on any atom is -0.377 e. The summed E-state index contributed by atoms with van der Waals surface area (Å²) in [5.41, 5.74) is 3.43. The quantitative estimate of drug-likeness (QED) is 0.306. The van der Waals surface area contributed by atoms with Crippen molar-refractivity contribution in [3.05, 3.63) is 51.5 Å². The molecule has 0 spiro atoms. The number of aliphatic imine (C=N–C) groups is 1. The number of nitrogens with zero attached hydrogens (tertiary/aromatic N) is 3. The molecule has 2 aromatic rings. The van der Waals surface area contributed by atoms with Gasteiger partial charge in [0.25, 0.3) is 0 Å². The Morgan fingerprint density at radius 1 is 1.32 bits per heavy atom. The molecule has 2 rings (SSSR count). The molecule has 28 heavy (non-hydrogen) atoms. The molecule has 1 N–H and O–H groups in total. The lowest BCUT2D eigenvalue weighted by Gasteiger charge is -2.22. The Kier molecular flexibility index (Phi) is 11.6. The molecule has 1 unspecified atom stereocenters. The highest BCUT2D eigenvalue weighted by Gasteiger charge is 2.13. The molecule has 1 atom stereocenters. The van der Waals surface area contributed by atoms with E-state index in [2.05, 4.69) is 37.7 Å². The molecule has 0 amide bonds. The van der Waals surface area contributed by atoms with Crippen molar-refractivity contribution in [2.45, 2.75) is 39.6 Å². The van der Waals surface area contributed by atoms with E-state index in [0.717, 1.165) is 16.7 Å². The van der Waals surface area contributed by atoms with Crippen LogP contribution in [0.2, 0.25) is 0 Å². The van der Waals surface area contributed by atoms with Crippen LogP contribution < -0.4 is 5.32 Å². The van der Waals surface area contributed by atoms with Crippen LogP contribution in [0.15, 0.2) is 34.6 Å². The maximum Gasteiger partial charge on any atom is 0.194 e. The number of guanidine groups is 1. The number of rotatable bonds is 9. The van der Waals surface area contributed by atoms with Crippen LogP contribution >= 0.6 is 35.3 Å². The van der Waals surface area contributed by atoms with Crippen molar-refractivity contribution in [2.24, 2.45) is 4.99 Å². The fourth-order valence-electron chi connectivity index (χ4n) is 2.64. The highest BCUT2D eigenvalue weighted by atomic mass is 127. The van der Waals surface area contributed by atoms with Crippen molar-refractivity contribution in [3.8, 4) is 0 Å². The van der Waals surface area contributed by atoms with Gasteiger partial charge >= 0.3 is 0 Å². The summed E-state index contributed by atoms with van der Waals surface area (Å²) in [6.07, 6.45) is 0.0216. The zero-order chi connectivity index (χ0) is 19.6. The van der Waals surface area contributed by atoms with E-state index in [4.69, 9.17) is 9.47 Å². The molecule has 0 aliphatic carbocycles. The van der Waals surface area contributed by atoms with Crippen LogP contribution in [0, 0.1) is 0 Å². The first-order valence-corrected chi connectivity index (χ1v) is 10.00. The highest BCUT2D eigenvalue weighted by molar-refractivity contribution is 14.0. The Hall–Kier alpha value is -1.23. The number of aromatic nitrogens is 1. The number of benzene rings is 1. The standard InChI is InChI=1S/C20H30N4O2S.HI/c1-6-26-13-17-10-8-7-9-16(17)11-22-20(21-3)24(4)12-18-14-27-19(23-18)15(2)25-5;/h7-10,14-15H,6,11-13H2,1-5H3,(H,21,22);1H. The molecule has 0 aliphatic heterocycles. The second kappa shape index (κ2) is 13.1. The number of halogens is 1. The lowest BCUT2D eigenvalue weighted by atomic mass is 10.1. The molecule has 0 saturated heterocycles. The highest BCUT2D eigenvalue weighted by Crippen LogP contribution is 2.21. The van der Waals surface area contributed by atoms with Crippen LogP contribution in [-0.4, -0.2) is 43.7 Å². The largest absolute Gasteiger partial charge is 0.377 e. The Morgan fingerprint density at radius 2 is 2.04 bits per heavy atom. The molecule has 1 heterocycles. The number of hydrogen-bond acceptors (Lipinski definition) is 5. The van der Waals surface area contributed by atoms with Gasteiger partial charge < -0.3 is 19.7 Å². The Morgan fingerprint density at radius 3 is 2.68 bits per heavy atom. The Balaban J connectivity index is 0.00000392. The lowest BCUT2D eigenvalue weighted by Crippen LogP contribution is -2.38. The molecule has 0 aliphatic rings. The predicted octanol–water partition coefficient (Wildman–Crippen LogP) is 4.21. The van der Waals surface area contributed by atoms with Crippen molar-refractivity contribution in [1.82, 2.24) is 15.2 Å². The van der Waals surface area contributed by atoms with E-state index < -0.39 is 0 Å². The van der Waals surface area contributed by atoms with Gasteiger partial charge in [0.15, 0.2) is 5.96 Å². The number of hydrogen-bond donors (Lipinski definition) is 1. The first-order chi connectivity index (χ1) is 13.1. The van der Waals surface area contributed by atoms with Crippen molar-refractivity contribution in [1.29, 1.82) is 0 Å². The van der Waals surface area contributed by atoms with E-state index in [1.54, 1.807) is 25.5 Å². The van der Waals surface area contributed by atoms with E-state index in [1.165, 1.54) is 11.1 Å². The van der Waals surface area contributed by atoms with Gasteiger partial charge in [0.2, 0.25) is 0 Å². The van der Waals surface area contributed by atoms with E-state index in [-0.39, 0.29) is 30.1 Å². The van der Waals surface area contributed by atoms with Gasteiger partial charge in [-0.15, -0.1) is 35.3 Å². The van der Waals surface area contributed by atoms with E-state index in [1.807, 2.05) is 33.0 Å². The van der Waals surface area contributed by atoms with Gasteiger partial charge in [0.1, 0.15) is 11.1 Å². The van der Waals surface area contributed by atoms with E-state index in [9.17, 15) is 0 Å². The topological polar surface area (TPSA) is 59.0 Å². The minimum atomic E-state index is 0. The van der Waals surface area contributed by atoms with E-state index in [0.29, 0.717) is 26.3 Å². The molecular formula is C20H31IN4O2S. The fraction of sp³-hybridized carbons (Fsp3) is 0.500. The molecule has 6 nitrogen and oxygen atoms in total. The Labute approximate surface area is 189 Å². The smallest absolute Gasteiger partial charge is 0.194 e. The van der Waals surface area contributed by atoms with Crippen molar-refractivity contribution in [3.63, 3.8) is 0 Å². The first-order valence-electron chi connectivity index (χ1n) is 9.12. The average Bonchev–Trinajstić information content (AvgIpc) is 3.15. The van der Waals surface area contributed by atoms with Crippen molar-refractivity contribution in [2.75, 3.05) is 27.8 Å². The van der Waals surface area contributed by atoms with Crippen LogP contribution in [0.4, 0.5) is 0 Å². The van der Waals surface area contributed by atoms with Crippen molar-refractivity contribution >= 4 is 41.3 Å². The summed E-state index contributed by atoms with van der Waals surface area (Å²) in [6.45, 7) is 6.74. The molecule has 1 aromatic carbocycles. The lowest BCUT2D eigenvalue weighted by molar-refractivity contribution is 0.119. The summed E-state index contributed by atoms with van der Waals surface area (Å²) in [7, 11) is 5.51. The van der Waals surface area contributed by atoms with Crippen LogP contribution in [-0.2, 0) is 29.2 Å². The maximum atomic E-state index is 5.56. The summed E-state index contributed by atoms with van der Waals surface area (Å²) in [5.74, 6) is 0.829. The number of thiazole rings is 1. The minimum absolute atomic E-state index is 0. The van der Waals surface area contributed by atoms with Crippen LogP contribution in [0.25, 0.3) is 0 Å². The van der Waals surface area contributed by atoms with Gasteiger partial charge in [-0.3, -0.25) is 4.99 Å². The summed E-state index contributed by atoms with van der Waals surface area (Å²) < 4.78 is 10.9. The van der Waals surface area contributed by atoms with Crippen LogP contribution in [0.5, 0.6) is 0 Å². The molecule has 0 radical (unpaired) electrons. The van der Waals surface area contributed by atoms with E-state index >= 15 is 0 Å². The normalized spacial score (nSPS) is 12.4. The van der Waals surface area contributed by atoms with Gasteiger partial charge in [-0.05, 0) is 25.0 Å². The Bertz CT molecular complexity index is 739. The zero-order valence-corrected chi connectivity index (χ0v) is 20.4. The summed E-state index contributed by atoms with van der Waals surface area (Å²) in [6, 6.07) is 8.31. The summed E-state index contributed by atoms with van der Waals surface area (Å²) in [5, 5.41) is 6.50. The molecule has 0 bridgehead atoms. The molecule has 8 heteroatoms.